The standard InChI is InChI=1S/C12H10BrN3O2/c13-8-4-5-14-11(6-8)16-12(18)15-9-2-1-3-10(17)7-9/h1-7,17H,(H2,14,15,16,18). The summed E-state index contributed by atoms with van der Waals surface area (Å²) in [7, 11) is 0. The van der Waals surface area contributed by atoms with Crippen LogP contribution in [0.25, 0.3) is 0 Å². The second kappa shape index (κ2) is 5.50. The lowest BCUT2D eigenvalue weighted by Crippen LogP contribution is -2.19. The molecule has 3 N–H and O–H groups in total. The van der Waals surface area contributed by atoms with Gasteiger partial charge in [-0.3, -0.25) is 5.32 Å². The second-order valence-corrected chi connectivity index (χ2v) is 4.40. The van der Waals surface area contributed by atoms with E-state index in [1.807, 2.05) is 0 Å². The summed E-state index contributed by atoms with van der Waals surface area (Å²) in [6.45, 7) is 0. The van der Waals surface area contributed by atoms with E-state index in [-0.39, 0.29) is 5.75 Å². The summed E-state index contributed by atoms with van der Waals surface area (Å²) in [6.07, 6.45) is 1.58. The number of aromatic hydroxyl groups is 1. The number of hydrogen-bond acceptors (Lipinski definition) is 3. The molecule has 2 aromatic rings. The fourth-order valence-electron chi connectivity index (χ4n) is 1.34. The number of phenols is 1. The van der Waals surface area contributed by atoms with Crippen molar-refractivity contribution in [3.63, 3.8) is 0 Å². The van der Waals surface area contributed by atoms with E-state index in [1.165, 1.54) is 12.1 Å². The van der Waals surface area contributed by atoms with Gasteiger partial charge < -0.3 is 10.4 Å². The summed E-state index contributed by atoms with van der Waals surface area (Å²) in [5.74, 6) is 0.524. The molecule has 2 amide bonds. The highest BCUT2D eigenvalue weighted by atomic mass is 79.9. The number of amides is 2. The molecule has 0 radical (unpaired) electrons. The second-order valence-electron chi connectivity index (χ2n) is 3.49. The molecule has 0 unspecified atom stereocenters. The van der Waals surface area contributed by atoms with E-state index >= 15 is 0 Å². The largest absolute Gasteiger partial charge is 0.508 e. The van der Waals surface area contributed by atoms with Gasteiger partial charge in [-0.1, -0.05) is 22.0 Å². The van der Waals surface area contributed by atoms with Crippen molar-refractivity contribution >= 4 is 33.5 Å². The van der Waals surface area contributed by atoms with Gasteiger partial charge in [0.2, 0.25) is 0 Å². The van der Waals surface area contributed by atoms with Gasteiger partial charge >= 0.3 is 6.03 Å². The molecule has 1 aromatic carbocycles. The van der Waals surface area contributed by atoms with Crippen LogP contribution in [0.5, 0.6) is 5.75 Å². The molecule has 1 heterocycles. The van der Waals surface area contributed by atoms with Gasteiger partial charge in [-0.2, -0.15) is 0 Å². The van der Waals surface area contributed by atoms with Crippen LogP contribution in [-0.4, -0.2) is 16.1 Å². The minimum absolute atomic E-state index is 0.0911. The van der Waals surface area contributed by atoms with Crippen molar-refractivity contribution in [1.82, 2.24) is 4.98 Å². The molecule has 2 rings (SSSR count). The van der Waals surface area contributed by atoms with Gasteiger partial charge in [0.1, 0.15) is 11.6 Å². The Morgan fingerprint density at radius 2 is 2.06 bits per heavy atom. The Hall–Kier alpha value is -2.08. The maximum atomic E-state index is 11.6. The summed E-state index contributed by atoms with van der Waals surface area (Å²) >= 11 is 3.28. The predicted octanol–water partition coefficient (Wildman–Crippen LogP) is 3.19. The lowest BCUT2D eigenvalue weighted by Gasteiger charge is -2.07. The molecule has 0 fully saturated rings. The zero-order valence-electron chi connectivity index (χ0n) is 9.22. The lowest BCUT2D eigenvalue weighted by atomic mass is 10.3. The summed E-state index contributed by atoms with van der Waals surface area (Å²) in [5.41, 5.74) is 0.502. The Morgan fingerprint density at radius 3 is 2.78 bits per heavy atom. The molecule has 0 aliphatic rings. The Kier molecular flexibility index (Phi) is 3.78. The van der Waals surface area contributed by atoms with Crippen LogP contribution in [0.15, 0.2) is 47.1 Å². The monoisotopic (exact) mass is 307 g/mol. The van der Waals surface area contributed by atoms with E-state index in [0.717, 1.165) is 4.47 Å². The van der Waals surface area contributed by atoms with Crippen molar-refractivity contribution in [2.24, 2.45) is 0 Å². The van der Waals surface area contributed by atoms with Crippen molar-refractivity contribution < 1.29 is 9.90 Å². The van der Waals surface area contributed by atoms with Gasteiger partial charge in [0.05, 0.1) is 0 Å². The smallest absolute Gasteiger partial charge is 0.324 e. The topological polar surface area (TPSA) is 74.2 Å². The number of carbonyl (C=O) groups is 1. The first-order valence-electron chi connectivity index (χ1n) is 5.12. The Morgan fingerprint density at radius 1 is 1.22 bits per heavy atom. The highest BCUT2D eigenvalue weighted by molar-refractivity contribution is 9.10. The van der Waals surface area contributed by atoms with Gasteiger partial charge in [-0.25, -0.2) is 9.78 Å². The van der Waals surface area contributed by atoms with E-state index < -0.39 is 6.03 Å². The summed E-state index contributed by atoms with van der Waals surface area (Å²) in [5, 5.41) is 14.4. The average Bonchev–Trinajstić information content (AvgIpc) is 2.28. The van der Waals surface area contributed by atoms with E-state index in [9.17, 15) is 9.90 Å². The van der Waals surface area contributed by atoms with Crippen LogP contribution in [0, 0.1) is 0 Å². The van der Waals surface area contributed by atoms with Crippen LogP contribution in [0.2, 0.25) is 0 Å². The number of aromatic nitrogens is 1. The molecule has 6 heteroatoms. The molecule has 0 aliphatic heterocycles. The Balaban J connectivity index is 2.01. The van der Waals surface area contributed by atoms with E-state index in [2.05, 4.69) is 31.5 Å². The molecular formula is C12H10BrN3O2. The van der Waals surface area contributed by atoms with Gasteiger partial charge in [-0.15, -0.1) is 0 Å². The maximum absolute atomic E-state index is 11.6. The number of urea groups is 1. The number of anilines is 2. The zero-order valence-corrected chi connectivity index (χ0v) is 10.8. The minimum atomic E-state index is -0.425. The molecule has 0 saturated heterocycles. The molecule has 0 saturated carbocycles. The first-order valence-corrected chi connectivity index (χ1v) is 5.91. The Labute approximate surface area is 112 Å². The first-order chi connectivity index (χ1) is 8.63. The number of hydrogen-bond donors (Lipinski definition) is 3. The minimum Gasteiger partial charge on any atom is -0.508 e. The van der Waals surface area contributed by atoms with Crippen molar-refractivity contribution in [3.05, 3.63) is 47.1 Å². The quantitative estimate of drug-likeness (QED) is 0.797. The third-order valence-electron chi connectivity index (χ3n) is 2.07. The molecule has 0 spiro atoms. The van der Waals surface area contributed by atoms with E-state index in [1.54, 1.807) is 30.5 Å². The number of nitrogens with one attached hydrogen (secondary N) is 2. The highest BCUT2D eigenvalue weighted by Crippen LogP contribution is 2.16. The normalized spacial score (nSPS) is 9.83. The summed E-state index contributed by atoms with van der Waals surface area (Å²) in [4.78, 5) is 15.6. The molecule has 5 nitrogen and oxygen atoms in total. The van der Waals surface area contributed by atoms with Gasteiger partial charge in [0.15, 0.2) is 0 Å². The van der Waals surface area contributed by atoms with Crippen LogP contribution in [-0.2, 0) is 0 Å². The maximum Gasteiger partial charge on any atom is 0.324 e. The molecule has 1 aromatic heterocycles. The van der Waals surface area contributed by atoms with Crippen LogP contribution in [0.1, 0.15) is 0 Å². The molecule has 0 bridgehead atoms. The van der Waals surface area contributed by atoms with Gasteiger partial charge in [-0.05, 0) is 24.3 Å². The Bertz CT molecular complexity index is 525. The number of benzene rings is 1. The highest BCUT2D eigenvalue weighted by Gasteiger charge is 2.04. The van der Waals surface area contributed by atoms with E-state index in [0.29, 0.717) is 11.5 Å². The lowest BCUT2D eigenvalue weighted by molar-refractivity contribution is 0.262. The fourth-order valence-corrected chi connectivity index (χ4v) is 1.67. The number of nitrogens with zero attached hydrogens (tertiary/aromatic N) is 1. The van der Waals surface area contributed by atoms with Gasteiger partial charge in [0.25, 0.3) is 0 Å². The van der Waals surface area contributed by atoms with E-state index in [4.69, 9.17) is 0 Å². The summed E-state index contributed by atoms with van der Waals surface area (Å²) < 4.78 is 0.824. The van der Waals surface area contributed by atoms with Crippen LogP contribution in [0.4, 0.5) is 16.3 Å². The fraction of sp³-hybridized carbons (Fsp3) is 0. The van der Waals surface area contributed by atoms with Crippen LogP contribution >= 0.6 is 15.9 Å². The van der Waals surface area contributed by atoms with Crippen molar-refractivity contribution in [2.45, 2.75) is 0 Å². The number of phenolic OH excluding ortho intramolecular Hbond substituents is 1. The first kappa shape index (κ1) is 12.4. The third kappa shape index (κ3) is 3.46. The molecule has 18 heavy (non-hydrogen) atoms. The number of rotatable bonds is 2. The zero-order chi connectivity index (χ0) is 13.0. The molecule has 0 aliphatic carbocycles. The van der Waals surface area contributed by atoms with Crippen molar-refractivity contribution in [1.29, 1.82) is 0 Å². The van der Waals surface area contributed by atoms with Crippen molar-refractivity contribution in [2.75, 3.05) is 10.6 Å². The van der Waals surface area contributed by atoms with Crippen LogP contribution in [0.3, 0.4) is 0 Å². The van der Waals surface area contributed by atoms with Crippen LogP contribution < -0.4 is 10.6 Å². The molecule has 92 valence electrons. The average molecular weight is 308 g/mol. The predicted molar refractivity (Wildman–Crippen MR) is 72.7 cm³/mol. The SMILES string of the molecule is O=C(Nc1cccc(O)c1)Nc1cc(Br)ccn1. The van der Waals surface area contributed by atoms with Gasteiger partial charge in [0, 0.05) is 22.4 Å². The summed E-state index contributed by atoms with van der Waals surface area (Å²) in [6, 6.07) is 9.31. The molecular weight excluding hydrogens is 298 g/mol. The number of halogens is 1. The third-order valence-corrected chi connectivity index (χ3v) is 2.56. The number of pyridine rings is 1. The number of carbonyl (C=O) groups excluding carboxylic acids is 1. The molecule has 0 atom stereocenters. The van der Waals surface area contributed by atoms with Crippen molar-refractivity contribution in [3.8, 4) is 5.75 Å².